The summed E-state index contributed by atoms with van der Waals surface area (Å²) in [7, 11) is -3.73. The Kier molecular flexibility index (Phi) is 6.96. The van der Waals surface area contributed by atoms with Gasteiger partial charge in [0, 0.05) is 16.8 Å². The molecule has 6 nitrogen and oxygen atoms in total. The third kappa shape index (κ3) is 5.62. The number of aryl methyl sites for hydroxylation is 1. The molecule has 0 spiro atoms. The van der Waals surface area contributed by atoms with Gasteiger partial charge in [-0.3, -0.25) is 9.10 Å². The molecule has 2 aromatic rings. The van der Waals surface area contributed by atoms with Crippen molar-refractivity contribution < 1.29 is 17.9 Å². The number of carbonyl (C=O) groups is 1. The predicted octanol–water partition coefficient (Wildman–Crippen LogP) is 4.23. The third-order valence-electron chi connectivity index (χ3n) is 3.97. The Balaban J connectivity index is 2.31. The molecular weight excluding hydrogens is 400 g/mol. The van der Waals surface area contributed by atoms with E-state index < -0.39 is 22.0 Å². The number of rotatable bonds is 7. The van der Waals surface area contributed by atoms with Crippen LogP contribution in [0.2, 0.25) is 5.02 Å². The molecule has 0 aliphatic heterocycles. The zero-order chi connectivity index (χ0) is 21.1. The molecule has 152 valence electrons. The Labute approximate surface area is 171 Å². The lowest BCUT2D eigenvalue weighted by Crippen LogP contribution is -2.45. The minimum Gasteiger partial charge on any atom is -0.491 e. The van der Waals surface area contributed by atoms with Crippen molar-refractivity contribution in [2.75, 3.05) is 15.9 Å². The second-order valence-electron chi connectivity index (χ2n) is 6.85. The molecule has 0 aromatic heterocycles. The number of sulfonamides is 1. The standard InChI is InChI=1S/C20H25ClN2O4S/c1-13(2)27-18-8-6-7-17(12-18)22-20(24)15(4)23(28(5,25)26)19-11-16(21)10-9-14(19)3/h6-13,15H,1-5H3,(H,22,24)/t15-/m1/s1. The molecule has 0 saturated heterocycles. The summed E-state index contributed by atoms with van der Waals surface area (Å²) >= 11 is 6.05. The fraction of sp³-hybridized carbons (Fsp3) is 0.350. The first kappa shape index (κ1) is 22.0. The molecule has 28 heavy (non-hydrogen) atoms. The van der Waals surface area contributed by atoms with Gasteiger partial charge in [-0.2, -0.15) is 0 Å². The number of hydrogen-bond donors (Lipinski definition) is 1. The average molecular weight is 425 g/mol. The van der Waals surface area contributed by atoms with E-state index in [4.69, 9.17) is 16.3 Å². The number of carbonyl (C=O) groups excluding carboxylic acids is 1. The number of nitrogens with one attached hydrogen (secondary N) is 1. The molecule has 8 heteroatoms. The molecule has 0 aliphatic rings. The van der Waals surface area contributed by atoms with Crippen molar-refractivity contribution >= 4 is 38.9 Å². The van der Waals surface area contributed by atoms with E-state index in [1.165, 1.54) is 6.92 Å². The van der Waals surface area contributed by atoms with Gasteiger partial charge in [0.05, 0.1) is 18.0 Å². The van der Waals surface area contributed by atoms with Crippen LogP contribution in [-0.4, -0.2) is 32.7 Å². The lowest BCUT2D eigenvalue weighted by molar-refractivity contribution is -0.116. The van der Waals surface area contributed by atoms with E-state index in [0.717, 1.165) is 10.6 Å². The summed E-state index contributed by atoms with van der Waals surface area (Å²) in [6.45, 7) is 7.11. The van der Waals surface area contributed by atoms with Crippen LogP contribution in [0.1, 0.15) is 26.3 Å². The first-order valence-corrected chi connectivity index (χ1v) is 11.0. The quantitative estimate of drug-likeness (QED) is 0.721. The van der Waals surface area contributed by atoms with E-state index in [1.807, 2.05) is 13.8 Å². The fourth-order valence-corrected chi connectivity index (χ4v) is 4.16. The van der Waals surface area contributed by atoms with Gasteiger partial charge in [0.15, 0.2) is 0 Å². The Morgan fingerprint density at radius 2 is 1.82 bits per heavy atom. The minimum absolute atomic E-state index is 0.00333. The van der Waals surface area contributed by atoms with Crippen molar-refractivity contribution in [2.24, 2.45) is 0 Å². The van der Waals surface area contributed by atoms with Gasteiger partial charge in [0.1, 0.15) is 11.8 Å². The monoisotopic (exact) mass is 424 g/mol. The van der Waals surface area contributed by atoms with E-state index in [2.05, 4.69) is 5.32 Å². The maximum Gasteiger partial charge on any atom is 0.247 e. The molecule has 2 rings (SSSR count). The molecule has 0 unspecified atom stereocenters. The van der Waals surface area contributed by atoms with E-state index in [0.29, 0.717) is 27.7 Å². The molecule has 0 saturated carbocycles. The molecule has 2 aromatic carbocycles. The van der Waals surface area contributed by atoms with Crippen LogP contribution < -0.4 is 14.4 Å². The van der Waals surface area contributed by atoms with Crippen molar-refractivity contribution in [1.82, 2.24) is 0 Å². The molecule has 1 N–H and O–H groups in total. The Morgan fingerprint density at radius 3 is 2.43 bits per heavy atom. The minimum atomic E-state index is -3.73. The van der Waals surface area contributed by atoms with E-state index in [-0.39, 0.29) is 6.10 Å². The summed E-state index contributed by atoms with van der Waals surface area (Å²) in [5, 5.41) is 3.14. The number of anilines is 2. The number of hydrogen-bond acceptors (Lipinski definition) is 4. The average Bonchev–Trinajstić information content (AvgIpc) is 2.56. The molecule has 1 atom stereocenters. The number of ether oxygens (including phenoxy) is 1. The van der Waals surface area contributed by atoms with E-state index >= 15 is 0 Å². The molecule has 0 fully saturated rings. The maximum atomic E-state index is 12.8. The van der Waals surface area contributed by atoms with Crippen LogP contribution in [0.3, 0.4) is 0 Å². The Morgan fingerprint density at radius 1 is 1.14 bits per heavy atom. The van der Waals surface area contributed by atoms with E-state index in [1.54, 1.807) is 49.4 Å². The summed E-state index contributed by atoms with van der Waals surface area (Å²) in [4.78, 5) is 12.8. The summed E-state index contributed by atoms with van der Waals surface area (Å²) in [6, 6.07) is 10.9. The lowest BCUT2D eigenvalue weighted by atomic mass is 10.1. The Hall–Kier alpha value is -2.25. The van der Waals surface area contributed by atoms with Crippen molar-refractivity contribution in [3.63, 3.8) is 0 Å². The highest BCUT2D eigenvalue weighted by molar-refractivity contribution is 7.92. The summed E-state index contributed by atoms with van der Waals surface area (Å²) < 4.78 is 31.6. The third-order valence-corrected chi connectivity index (χ3v) is 5.43. The van der Waals surface area contributed by atoms with Gasteiger partial charge in [-0.15, -0.1) is 0 Å². The van der Waals surface area contributed by atoms with E-state index in [9.17, 15) is 13.2 Å². The van der Waals surface area contributed by atoms with Crippen molar-refractivity contribution in [2.45, 2.75) is 39.8 Å². The van der Waals surface area contributed by atoms with Crippen molar-refractivity contribution in [3.8, 4) is 5.75 Å². The lowest BCUT2D eigenvalue weighted by Gasteiger charge is -2.29. The number of halogens is 1. The topological polar surface area (TPSA) is 75.7 Å². The number of amides is 1. The SMILES string of the molecule is Cc1ccc(Cl)cc1N([C@H](C)C(=O)Nc1cccc(OC(C)C)c1)S(C)(=O)=O. The summed E-state index contributed by atoms with van der Waals surface area (Å²) in [5.41, 5.74) is 1.59. The smallest absolute Gasteiger partial charge is 0.247 e. The zero-order valence-corrected chi connectivity index (χ0v) is 18.1. The predicted molar refractivity (Wildman–Crippen MR) is 114 cm³/mol. The van der Waals surface area contributed by atoms with Gasteiger partial charge < -0.3 is 10.1 Å². The van der Waals surface area contributed by atoms with Crippen LogP contribution in [0.25, 0.3) is 0 Å². The second-order valence-corrected chi connectivity index (χ2v) is 9.15. The molecule has 0 heterocycles. The number of nitrogens with zero attached hydrogens (tertiary/aromatic N) is 1. The van der Waals surface area contributed by atoms with Crippen molar-refractivity contribution in [3.05, 3.63) is 53.1 Å². The van der Waals surface area contributed by atoms with Crippen molar-refractivity contribution in [1.29, 1.82) is 0 Å². The zero-order valence-electron chi connectivity index (χ0n) is 16.6. The van der Waals surface area contributed by atoms with Crippen LogP contribution >= 0.6 is 11.6 Å². The van der Waals surface area contributed by atoms with Crippen LogP contribution in [0, 0.1) is 6.92 Å². The van der Waals surface area contributed by atoms with Crippen LogP contribution in [0.15, 0.2) is 42.5 Å². The molecular formula is C20H25ClN2O4S. The molecule has 0 bridgehead atoms. The van der Waals surface area contributed by atoms with Crippen LogP contribution in [0.4, 0.5) is 11.4 Å². The summed E-state index contributed by atoms with van der Waals surface area (Å²) in [6.07, 6.45) is 1.06. The molecule has 0 aliphatic carbocycles. The van der Waals surface area contributed by atoms with Gasteiger partial charge in [0.25, 0.3) is 0 Å². The largest absolute Gasteiger partial charge is 0.491 e. The first-order valence-electron chi connectivity index (χ1n) is 8.82. The normalized spacial score (nSPS) is 12.5. The van der Waals surface area contributed by atoms with Crippen LogP contribution in [0.5, 0.6) is 5.75 Å². The Bertz CT molecular complexity index is 960. The first-order chi connectivity index (χ1) is 13.0. The number of benzene rings is 2. The second kappa shape index (κ2) is 8.84. The maximum absolute atomic E-state index is 12.8. The highest BCUT2D eigenvalue weighted by Gasteiger charge is 2.30. The van der Waals surface area contributed by atoms with Gasteiger partial charge >= 0.3 is 0 Å². The highest BCUT2D eigenvalue weighted by Crippen LogP contribution is 2.29. The van der Waals surface area contributed by atoms with Gasteiger partial charge in [-0.25, -0.2) is 8.42 Å². The van der Waals surface area contributed by atoms with Gasteiger partial charge in [-0.1, -0.05) is 23.7 Å². The highest BCUT2D eigenvalue weighted by atomic mass is 35.5. The van der Waals surface area contributed by atoms with Gasteiger partial charge in [-0.05, 0) is 57.5 Å². The summed E-state index contributed by atoms with van der Waals surface area (Å²) in [5.74, 6) is 0.151. The fourth-order valence-electron chi connectivity index (χ4n) is 2.77. The molecule has 0 radical (unpaired) electrons. The molecule has 1 amide bonds. The van der Waals surface area contributed by atoms with Gasteiger partial charge in [0.2, 0.25) is 15.9 Å². The van der Waals surface area contributed by atoms with Crippen LogP contribution in [-0.2, 0) is 14.8 Å².